The summed E-state index contributed by atoms with van der Waals surface area (Å²) in [7, 11) is 0. The second kappa shape index (κ2) is 29.0. The summed E-state index contributed by atoms with van der Waals surface area (Å²) in [6.45, 7) is 8.33. The molecule has 4 aliphatic rings. The maximum absolute atomic E-state index is 13.9. The third-order valence-electron chi connectivity index (χ3n) is 12.7. The summed E-state index contributed by atoms with van der Waals surface area (Å²) in [5, 5.41) is 0. The second-order valence-corrected chi connectivity index (χ2v) is 20.3. The fraction of sp³-hybridized carbons (Fsp3) is 0.627. The monoisotopic (exact) mass is 1260 g/mol. The number of benzene rings is 2. The Morgan fingerprint density at radius 3 is 1.18 bits per heavy atom. The summed E-state index contributed by atoms with van der Waals surface area (Å²) in [5.74, 6) is 4.77. The lowest BCUT2D eigenvalue weighted by Gasteiger charge is -2.36. The zero-order valence-corrected chi connectivity index (χ0v) is 45.5. The number of carbonyl (C=O) groups is 3. The lowest BCUT2D eigenvalue weighted by molar-refractivity contribution is -0.308. The number of terminal acetylenes is 2. The van der Waals surface area contributed by atoms with Crippen molar-refractivity contribution < 1.29 is 117 Å². The number of hydrogen-bond acceptors (Lipinski definition) is 12. The fourth-order valence-electron chi connectivity index (χ4n) is 8.96. The van der Waals surface area contributed by atoms with E-state index in [2.05, 4.69) is 32.9 Å². The molecule has 6 rings (SSSR count). The number of anilines is 2. The van der Waals surface area contributed by atoms with Crippen LogP contribution in [0.4, 0.5) is 105 Å². The minimum absolute atomic E-state index is 0.0390. The molecule has 4 heterocycles. The van der Waals surface area contributed by atoms with Crippen molar-refractivity contribution in [2.24, 2.45) is 0 Å². The number of rotatable bonds is 12. The first kappa shape index (κ1) is 70.5. The van der Waals surface area contributed by atoms with Crippen LogP contribution < -0.4 is 9.80 Å². The maximum atomic E-state index is 13.9. The Morgan fingerprint density at radius 2 is 0.881 bits per heavy atom. The second-order valence-electron chi connectivity index (χ2n) is 20.0. The number of piperazine rings is 2. The quantitative estimate of drug-likeness (QED) is 0.0872. The lowest BCUT2D eigenvalue weighted by Crippen LogP contribution is -2.52. The fourth-order valence-corrected chi connectivity index (χ4v) is 9.05. The van der Waals surface area contributed by atoms with E-state index in [0.717, 1.165) is 12.1 Å². The topological polar surface area (TPSA) is 117 Å². The molecule has 0 radical (unpaired) electrons. The van der Waals surface area contributed by atoms with Gasteiger partial charge in [-0.15, -0.1) is 12.8 Å². The smallest absolute Gasteiger partial charge is 0.434 e. The molecule has 84 heavy (non-hydrogen) atoms. The summed E-state index contributed by atoms with van der Waals surface area (Å²) in [6.07, 6.45) is -31.6. The van der Waals surface area contributed by atoms with E-state index in [1.165, 1.54) is 23.1 Å². The van der Waals surface area contributed by atoms with Gasteiger partial charge in [0.15, 0.2) is 0 Å². The zero-order chi connectivity index (χ0) is 63.4. The highest BCUT2D eigenvalue weighted by atomic mass is 35.5. The molecule has 2 amide bonds. The molecule has 0 unspecified atom stereocenters. The molecule has 0 N–H and O–H groups in total. The number of alkyl halides is 18. The third kappa shape index (κ3) is 21.5. The van der Waals surface area contributed by atoms with Crippen LogP contribution in [-0.4, -0.2) is 184 Å². The summed E-state index contributed by atoms with van der Waals surface area (Å²) in [6, 6.07) is 8.09. The predicted octanol–water partition coefficient (Wildman–Crippen LogP) is 11.5. The number of amides is 2. The van der Waals surface area contributed by atoms with Gasteiger partial charge < -0.3 is 43.3 Å². The number of carbonyl (C=O) groups excluding carboxylic acids is 3. The van der Waals surface area contributed by atoms with Gasteiger partial charge in [-0.25, -0.2) is 14.4 Å². The van der Waals surface area contributed by atoms with Crippen LogP contribution in [0.3, 0.4) is 0 Å². The van der Waals surface area contributed by atoms with Crippen LogP contribution in [0.1, 0.15) is 55.9 Å². The van der Waals surface area contributed by atoms with Crippen LogP contribution in [0.5, 0.6) is 0 Å². The van der Waals surface area contributed by atoms with Crippen molar-refractivity contribution in [2.75, 3.05) is 102 Å². The predicted molar refractivity (Wildman–Crippen MR) is 264 cm³/mol. The first-order valence-corrected chi connectivity index (χ1v) is 25.5. The molecule has 0 aromatic heterocycles. The van der Waals surface area contributed by atoms with Crippen molar-refractivity contribution in [3.05, 3.63) is 58.7 Å². The highest BCUT2D eigenvalue weighted by Gasteiger charge is 2.61. The Morgan fingerprint density at radius 1 is 0.536 bits per heavy atom. The highest BCUT2D eigenvalue weighted by Crippen LogP contribution is 2.42. The first-order valence-electron chi connectivity index (χ1n) is 25.1. The molecule has 0 aliphatic carbocycles. The molecule has 0 spiro atoms. The van der Waals surface area contributed by atoms with Crippen molar-refractivity contribution in [3.63, 3.8) is 0 Å². The van der Waals surface area contributed by atoms with E-state index in [9.17, 15) is 93.4 Å². The van der Waals surface area contributed by atoms with Crippen molar-refractivity contribution >= 4 is 40.6 Å². The zero-order valence-electron chi connectivity index (χ0n) is 44.8. The third-order valence-corrected chi connectivity index (χ3v) is 12.8. The van der Waals surface area contributed by atoms with Gasteiger partial charge in [0.05, 0.1) is 23.3 Å². The van der Waals surface area contributed by atoms with Crippen molar-refractivity contribution in [1.82, 2.24) is 19.6 Å². The van der Waals surface area contributed by atoms with E-state index in [1.807, 2.05) is 9.80 Å². The van der Waals surface area contributed by atoms with Crippen LogP contribution in [0, 0.1) is 24.7 Å². The van der Waals surface area contributed by atoms with Gasteiger partial charge in [-0.3, -0.25) is 9.80 Å². The largest absolute Gasteiger partial charge is 0.444 e. The van der Waals surface area contributed by atoms with E-state index in [0.29, 0.717) is 81.5 Å². The van der Waals surface area contributed by atoms with Gasteiger partial charge in [0.25, 0.3) is 12.2 Å². The van der Waals surface area contributed by atoms with E-state index in [-0.39, 0.29) is 75.8 Å². The van der Waals surface area contributed by atoms with Crippen LogP contribution in [0.25, 0.3) is 0 Å². The number of nitrogens with zero attached hydrogens (tertiary/aromatic N) is 6. The number of halogens is 19. The van der Waals surface area contributed by atoms with Crippen molar-refractivity contribution in [3.8, 4) is 24.7 Å². The van der Waals surface area contributed by atoms with E-state index >= 15 is 0 Å². The SMILES string of the molecule is C#CCO[C@H]1CCN(c2cccc(C(F)(F)F)c2CN2CCN(C(=O)OC(C(F)(F)F)C(F)(F)F)CC2)C1.C#CCO[C@H]1CCN(c2cccc(C(F)(F)F)c2CN2CCN(C(=O)OC(C)(C)C)CC2)C1.O=C(Cl)OC(C(F)(F)F)C(F)(F)F. The Hall–Kier alpha value is -5.96. The standard InChI is InChI=1S/C24H32F3N3O3.C23H24F9N3O3.C4HClF6O2/c1-5-15-32-18-9-10-30(16-18)21-8-6-7-20(24(25,26)27)19(21)17-28-11-13-29(14-12-28)22(31)33-23(2,3)4;1-2-12-37-15-6-7-35(13-15)18-5-3-4-17(21(24,25)26)16(18)14-33-8-10-34(11-9-33)20(36)38-19(22(27,28)29)23(30,31)32;5-2(12)13-1(3(6,7)8)4(9,10)11/h1,6-8,18H,9-17H2,2-4H3;1,3-5,15,19H,6-14H2;1H/t18-;15-;/m00./s1. The number of ether oxygens (including phenoxy) is 5. The Balaban J connectivity index is 0.000000300. The molecule has 4 aliphatic heterocycles. The molecule has 2 atom stereocenters. The van der Waals surface area contributed by atoms with Gasteiger partial charge in [0, 0.05) is 126 Å². The Labute approximate surface area is 475 Å². The minimum Gasteiger partial charge on any atom is -0.444 e. The maximum Gasteiger partial charge on any atom is 0.434 e. The first-order chi connectivity index (χ1) is 38.6. The van der Waals surface area contributed by atoms with E-state index < -0.39 is 83.6 Å². The molecule has 2 aromatic rings. The summed E-state index contributed by atoms with van der Waals surface area (Å²) in [4.78, 5) is 43.4. The Bertz CT molecular complexity index is 2550. The van der Waals surface area contributed by atoms with Crippen molar-refractivity contribution in [2.45, 2.75) is 114 Å². The Kier molecular flexibility index (Phi) is 24.3. The van der Waals surface area contributed by atoms with Crippen LogP contribution in [0.2, 0.25) is 0 Å². The summed E-state index contributed by atoms with van der Waals surface area (Å²) in [5.41, 5.74) is -3.13. The lowest BCUT2D eigenvalue weighted by atomic mass is 10.0. The molecular weight excluding hydrogens is 1200 g/mol. The van der Waals surface area contributed by atoms with Gasteiger partial charge in [-0.2, -0.15) is 79.0 Å². The molecule has 4 saturated heterocycles. The van der Waals surface area contributed by atoms with Gasteiger partial charge >= 0.3 is 54.7 Å². The van der Waals surface area contributed by atoms with E-state index in [4.69, 9.17) is 27.1 Å². The normalized spacial score (nSPS) is 18.8. The summed E-state index contributed by atoms with van der Waals surface area (Å²) >= 11 is 4.22. The average Bonchev–Trinajstić information content (AvgIpc) is 3.45. The van der Waals surface area contributed by atoms with Crippen LogP contribution in [-0.2, 0) is 49.1 Å². The van der Waals surface area contributed by atoms with Crippen LogP contribution in [0.15, 0.2) is 36.4 Å². The van der Waals surface area contributed by atoms with Gasteiger partial charge in [-0.05, 0) is 57.9 Å². The van der Waals surface area contributed by atoms with Crippen molar-refractivity contribution in [1.29, 1.82) is 0 Å². The number of hydrogen-bond donors (Lipinski definition) is 0. The highest BCUT2D eigenvalue weighted by molar-refractivity contribution is 6.61. The molecule has 472 valence electrons. The van der Waals surface area contributed by atoms with E-state index in [1.54, 1.807) is 36.6 Å². The molecule has 33 heteroatoms. The summed E-state index contributed by atoms with van der Waals surface area (Å²) < 4.78 is 252. The average molecular weight is 1260 g/mol. The minimum atomic E-state index is -5.85. The molecule has 14 nitrogen and oxygen atoms in total. The molecule has 4 fully saturated rings. The van der Waals surface area contributed by atoms with Gasteiger partial charge in [0.2, 0.25) is 0 Å². The molecule has 0 bridgehead atoms. The molecular formula is C51H57ClF18N6O8. The van der Waals surface area contributed by atoms with Gasteiger partial charge in [-0.1, -0.05) is 24.0 Å². The van der Waals surface area contributed by atoms with Crippen LogP contribution >= 0.6 is 11.6 Å². The van der Waals surface area contributed by atoms with Gasteiger partial charge in [0.1, 0.15) is 18.8 Å². The molecule has 2 aromatic carbocycles. The molecule has 0 saturated carbocycles.